The van der Waals surface area contributed by atoms with Gasteiger partial charge in [0.1, 0.15) is 15.4 Å². The first-order valence-electron chi connectivity index (χ1n) is 13.0. The summed E-state index contributed by atoms with van der Waals surface area (Å²) in [5.41, 5.74) is 1.82. The van der Waals surface area contributed by atoms with Gasteiger partial charge in [-0.05, 0) is 62.6 Å². The van der Waals surface area contributed by atoms with E-state index in [4.69, 9.17) is 4.52 Å². The van der Waals surface area contributed by atoms with Crippen LogP contribution >= 0.6 is 7.52 Å². The Morgan fingerprint density at radius 1 is 1.21 bits per heavy atom. The summed E-state index contributed by atoms with van der Waals surface area (Å²) in [5.74, 6) is -0.400. The topological polar surface area (TPSA) is 125 Å². The van der Waals surface area contributed by atoms with Gasteiger partial charge in [0.2, 0.25) is 0 Å². The Hall–Kier alpha value is -2.42. The zero-order valence-corrected chi connectivity index (χ0v) is 24.9. The smallest absolute Gasteiger partial charge is 0.348 e. The molecule has 2 heterocycles. The maximum atomic E-state index is 14.0. The highest BCUT2D eigenvalue weighted by Crippen LogP contribution is 2.52. The number of nitrogens with one attached hydrogen (secondary N) is 1. The van der Waals surface area contributed by atoms with Gasteiger partial charge in [-0.25, -0.2) is 8.42 Å². The van der Waals surface area contributed by atoms with Crippen LogP contribution in [0.25, 0.3) is 0 Å². The Morgan fingerprint density at radius 3 is 2.53 bits per heavy atom. The van der Waals surface area contributed by atoms with Crippen molar-refractivity contribution in [3.8, 4) is 0 Å². The molecule has 11 heteroatoms. The number of fused-ring (bicyclic) bond motifs is 1. The molecule has 1 atom stereocenters. The lowest BCUT2D eigenvalue weighted by atomic mass is 9.92. The number of benzene rings is 1. The van der Waals surface area contributed by atoms with E-state index in [0.29, 0.717) is 36.1 Å². The van der Waals surface area contributed by atoms with Gasteiger partial charge in [0.05, 0.1) is 23.3 Å². The fourth-order valence-electron chi connectivity index (χ4n) is 4.44. The molecule has 0 fully saturated rings. The van der Waals surface area contributed by atoms with E-state index in [9.17, 15) is 22.9 Å². The quantitative estimate of drug-likeness (QED) is 0.282. The predicted octanol–water partition coefficient (Wildman–Crippen LogP) is 5.12. The van der Waals surface area contributed by atoms with Crippen LogP contribution in [-0.2, 0) is 30.1 Å². The highest BCUT2D eigenvalue weighted by molar-refractivity contribution is 7.90. The number of allylic oxidation sites excluding steroid dienone is 1. The van der Waals surface area contributed by atoms with E-state index in [-0.39, 0.29) is 34.9 Å². The number of carbonyl (C=O) groups is 1. The molecule has 1 amide bonds. The third-order valence-corrected chi connectivity index (χ3v) is 9.54. The molecule has 0 spiro atoms. The summed E-state index contributed by atoms with van der Waals surface area (Å²) in [7, 11) is -6.71. The molecular formula is C27H40N3O6PS. The zero-order valence-electron chi connectivity index (χ0n) is 23.2. The lowest BCUT2D eigenvalue weighted by Gasteiger charge is -2.26. The van der Waals surface area contributed by atoms with Crippen molar-refractivity contribution in [3.63, 3.8) is 0 Å². The summed E-state index contributed by atoms with van der Waals surface area (Å²) in [4.78, 5) is 15.0. The van der Waals surface area contributed by atoms with Crippen LogP contribution in [0.5, 0.6) is 0 Å². The molecule has 38 heavy (non-hydrogen) atoms. The lowest BCUT2D eigenvalue weighted by Crippen LogP contribution is -2.34. The molecule has 0 aliphatic carbocycles. The van der Waals surface area contributed by atoms with Crippen molar-refractivity contribution in [1.82, 2.24) is 4.90 Å². The molecule has 0 saturated heterocycles. The number of hydrogen-bond acceptors (Lipinski definition) is 7. The third kappa shape index (κ3) is 7.16. The molecule has 210 valence electrons. The highest BCUT2D eigenvalue weighted by Gasteiger charge is 2.42. The number of anilines is 1. The number of hydrogen-bond donors (Lipinski definition) is 2. The average molecular weight is 566 g/mol. The van der Waals surface area contributed by atoms with Crippen LogP contribution in [0, 0.1) is 5.41 Å². The molecular weight excluding hydrogens is 525 g/mol. The van der Waals surface area contributed by atoms with Crippen LogP contribution < -0.4 is 10.6 Å². The Bertz CT molecular complexity index is 1320. The summed E-state index contributed by atoms with van der Waals surface area (Å²) < 4.78 is 46.8. The van der Waals surface area contributed by atoms with E-state index in [1.165, 1.54) is 11.2 Å². The minimum atomic E-state index is -3.74. The lowest BCUT2D eigenvalue weighted by molar-refractivity contribution is -0.124. The number of unbranched alkanes of at least 4 members (excludes halogenated alkanes) is 2. The molecule has 3 rings (SSSR count). The van der Waals surface area contributed by atoms with Gasteiger partial charge in [0.25, 0.3) is 5.91 Å². The standard InChI is InChI=1S/C27H40N3O6PS/c1-7-21-24(31)23(26(32)30(21)16-15-27(3,4)5)25-28-20-14-13-19(12-10-9-11-17-38(6,34)35)18-22(20)37(33,29-25)36-8-2/h7,13-14,18,31H,8-12,15-17H2,1-6H3,(H,28,29,33). The fourth-order valence-corrected chi connectivity index (χ4v) is 7.00. The van der Waals surface area contributed by atoms with Crippen LogP contribution in [0.15, 0.2) is 46.1 Å². The van der Waals surface area contributed by atoms with Crippen LogP contribution in [0.3, 0.4) is 0 Å². The van der Waals surface area contributed by atoms with E-state index < -0.39 is 23.3 Å². The van der Waals surface area contributed by atoms with E-state index in [1.807, 2.05) is 6.07 Å². The molecule has 0 aromatic heterocycles. The second-order valence-corrected chi connectivity index (χ2v) is 15.2. The number of amides is 1. The van der Waals surface area contributed by atoms with Gasteiger partial charge in [0, 0.05) is 18.6 Å². The van der Waals surface area contributed by atoms with Crippen LogP contribution in [0.2, 0.25) is 0 Å². The van der Waals surface area contributed by atoms with Gasteiger partial charge in [-0.15, -0.1) is 0 Å². The largest absolute Gasteiger partial charge is 0.505 e. The molecule has 1 aromatic carbocycles. The Labute approximate surface area is 226 Å². The molecule has 2 aliphatic rings. The summed E-state index contributed by atoms with van der Waals surface area (Å²) in [5, 5.41) is 14.5. The first kappa shape index (κ1) is 30.1. The van der Waals surface area contributed by atoms with Gasteiger partial charge >= 0.3 is 7.52 Å². The zero-order chi connectivity index (χ0) is 28.3. The van der Waals surface area contributed by atoms with E-state index in [0.717, 1.165) is 24.8 Å². The SMILES string of the molecule is CC=C1C(O)=C(C2=NP(=O)(OCC)c3cc(CCCCCS(C)(=O)=O)ccc3N2)C(=O)N1CCC(C)(C)C. The minimum Gasteiger partial charge on any atom is -0.505 e. The number of aliphatic hydroxyl groups is 1. The monoisotopic (exact) mass is 565 g/mol. The second-order valence-electron chi connectivity index (χ2n) is 11.0. The number of carbonyl (C=O) groups excluding carboxylic acids is 1. The first-order chi connectivity index (χ1) is 17.7. The fraction of sp³-hybridized carbons (Fsp3) is 0.556. The molecule has 9 nitrogen and oxygen atoms in total. The number of aryl methyl sites for hydroxylation is 1. The summed E-state index contributed by atoms with van der Waals surface area (Å²) >= 11 is 0. The second kappa shape index (κ2) is 11.8. The normalized spacial score (nSPS) is 21.1. The van der Waals surface area contributed by atoms with Gasteiger partial charge < -0.3 is 19.8 Å². The van der Waals surface area contributed by atoms with Gasteiger partial charge in [-0.1, -0.05) is 39.3 Å². The first-order valence-corrected chi connectivity index (χ1v) is 16.7. The summed E-state index contributed by atoms with van der Waals surface area (Å²) in [6, 6.07) is 5.49. The van der Waals surface area contributed by atoms with E-state index in [2.05, 4.69) is 30.9 Å². The van der Waals surface area contributed by atoms with E-state index in [1.54, 1.807) is 32.1 Å². The van der Waals surface area contributed by atoms with Crippen molar-refractivity contribution < 1.29 is 27.4 Å². The minimum absolute atomic E-state index is 0.00681. The van der Waals surface area contributed by atoms with Crippen molar-refractivity contribution in [2.75, 3.05) is 30.5 Å². The van der Waals surface area contributed by atoms with Crippen LogP contribution in [0.4, 0.5) is 5.69 Å². The molecule has 2 N–H and O–H groups in total. The Balaban J connectivity index is 1.87. The number of aliphatic hydroxyl groups excluding tert-OH is 1. The number of nitrogens with zero attached hydrogens (tertiary/aromatic N) is 2. The van der Waals surface area contributed by atoms with Crippen molar-refractivity contribution in [2.45, 2.75) is 66.7 Å². The molecule has 0 radical (unpaired) electrons. The summed E-state index contributed by atoms with van der Waals surface area (Å²) in [6.45, 7) is 10.3. The number of sulfone groups is 1. The van der Waals surface area contributed by atoms with Crippen LogP contribution in [0.1, 0.15) is 65.9 Å². The van der Waals surface area contributed by atoms with Crippen molar-refractivity contribution in [2.24, 2.45) is 10.2 Å². The molecule has 1 unspecified atom stereocenters. The van der Waals surface area contributed by atoms with Crippen molar-refractivity contribution in [1.29, 1.82) is 0 Å². The Morgan fingerprint density at radius 2 is 1.92 bits per heavy atom. The van der Waals surface area contributed by atoms with Gasteiger partial charge in [-0.3, -0.25) is 9.36 Å². The number of rotatable bonds is 11. The highest BCUT2D eigenvalue weighted by atomic mass is 32.2. The molecule has 0 bridgehead atoms. The Kier molecular flexibility index (Phi) is 9.32. The maximum absolute atomic E-state index is 14.0. The molecule has 2 aliphatic heterocycles. The van der Waals surface area contributed by atoms with Crippen molar-refractivity contribution >= 4 is 40.1 Å². The predicted molar refractivity (Wildman–Crippen MR) is 153 cm³/mol. The van der Waals surface area contributed by atoms with E-state index >= 15 is 0 Å². The average Bonchev–Trinajstić information content (AvgIpc) is 3.05. The molecule has 1 aromatic rings. The third-order valence-electron chi connectivity index (χ3n) is 6.46. The van der Waals surface area contributed by atoms with Crippen LogP contribution in [-0.4, -0.2) is 55.3 Å². The maximum Gasteiger partial charge on any atom is 0.348 e. The van der Waals surface area contributed by atoms with Gasteiger partial charge in [0.15, 0.2) is 11.6 Å². The molecule has 0 saturated carbocycles. The van der Waals surface area contributed by atoms with Gasteiger partial charge in [-0.2, -0.15) is 4.76 Å². The summed E-state index contributed by atoms with van der Waals surface area (Å²) in [6.07, 6.45) is 6.50. The van der Waals surface area contributed by atoms with Crippen molar-refractivity contribution in [3.05, 3.63) is 46.9 Å². The number of amidine groups is 1.